The number of aryl methyl sites for hydroxylation is 1. The van der Waals surface area contributed by atoms with Crippen molar-refractivity contribution >= 4 is 16.9 Å². The van der Waals surface area contributed by atoms with E-state index >= 15 is 0 Å². The van der Waals surface area contributed by atoms with E-state index in [2.05, 4.69) is 0 Å². The zero-order valence-corrected chi connectivity index (χ0v) is 10.4. The Morgan fingerprint density at radius 2 is 1.95 bits per heavy atom. The lowest BCUT2D eigenvalue weighted by Crippen LogP contribution is -1.97. The van der Waals surface area contributed by atoms with Gasteiger partial charge in [-0.3, -0.25) is 0 Å². The molecular weight excluding hydrogens is 240 g/mol. The minimum absolute atomic E-state index is 0.299. The molecule has 0 aliphatic rings. The molecule has 3 heteroatoms. The highest BCUT2D eigenvalue weighted by Gasteiger charge is 2.09. The number of rotatable bonds is 2. The number of benzene rings is 2. The summed E-state index contributed by atoms with van der Waals surface area (Å²) in [4.78, 5) is 11.1. The van der Waals surface area contributed by atoms with Crippen LogP contribution in [0.4, 0.5) is 0 Å². The first-order chi connectivity index (χ1) is 9.15. The lowest BCUT2D eigenvalue weighted by Gasteiger charge is -2.07. The van der Waals surface area contributed by atoms with Gasteiger partial charge < -0.3 is 9.52 Å². The zero-order valence-electron chi connectivity index (χ0n) is 10.4. The summed E-state index contributed by atoms with van der Waals surface area (Å²) < 4.78 is 5.31. The van der Waals surface area contributed by atoms with Gasteiger partial charge in [-0.05, 0) is 53.9 Å². The van der Waals surface area contributed by atoms with Crippen LogP contribution in [0.1, 0.15) is 15.9 Å². The molecule has 1 aromatic heterocycles. The molecule has 3 nitrogen and oxygen atoms in total. The van der Waals surface area contributed by atoms with Crippen LogP contribution in [-0.2, 0) is 0 Å². The molecule has 3 aromatic rings. The second-order valence-electron chi connectivity index (χ2n) is 4.51. The Balaban J connectivity index is 2.19. The van der Waals surface area contributed by atoms with Crippen molar-refractivity contribution in [1.29, 1.82) is 0 Å². The van der Waals surface area contributed by atoms with Gasteiger partial charge in [-0.25, -0.2) is 4.79 Å². The van der Waals surface area contributed by atoms with E-state index in [0.29, 0.717) is 5.56 Å². The van der Waals surface area contributed by atoms with Crippen LogP contribution in [-0.4, -0.2) is 11.1 Å². The van der Waals surface area contributed by atoms with E-state index in [4.69, 9.17) is 9.52 Å². The quantitative estimate of drug-likeness (QED) is 0.746. The fraction of sp³-hybridized carbons (Fsp3) is 0.0625. The molecule has 0 saturated heterocycles. The predicted octanol–water partition coefficient (Wildman–Crippen LogP) is 4.11. The highest BCUT2D eigenvalue weighted by Crippen LogP contribution is 2.28. The maximum atomic E-state index is 11.1. The van der Waals surface area contributed by atoms with E-state index < -0.39 is 5.97 Å². The van der Waals surface area contributed by atoms with Crippen molar-refractivity contribution < 1.29 is 14.3 Å². The van der Waals surface area contributed by atoms with E-state index in [1.54, 1.807) is 18.4 Å². The molecule has 1 N–H and O–H groups in total. The van der Waals surface area contributed by atoms with Crippen molar-refractivity contribution in [3.8, 4) is 11.1 Å². The van der Waals surface area contributed by atoms with Crippen LogP contribution in [0.2, 0.25) is 0 Å². The van der Waals surface area contributed by atoms with Crippen molar-refractivity contribution in [1.82, 2.24) is 0 Å². The van der Waals surface area contributed by atoms with Gasteiger partial charge in [0.15, 0.2) is 0 Å². The van der Waals surface area contributed by atoms with Crippen molar-refractivity contribution in [2.24, 2.45) is 0 Å². The largest absolute Gasteiger partial charge is 0.478 e. The van der Waals surface area contributed by atoms with E-state index in [-0.39, 0.29) is 0 Å². The Labute approximate surface area is 110 Å². The van der Waals surface area contributed by atoms with Gasteiger partial charge >= 0.3 is 5.97 Å². The maximum absolute atomic E-state index is 11.1. The molecule has 94 valence electrons. The SMILES string of the molecule is Cc1ccc(C(=O)O)cc1-c1ccc2occc2c1. The van der Waals surface area contributed by atoms with Crippen molar-refractivity contribution in [3.63, 3.8) is 0 Å². The van der Waals surface area contributed by atoms with E-state index in [0.717, 1.165) is 27.7 Å². The Morgan fingerprint density at radius 1 is 1.11 bits per heavy atom. The maximum Gasteiger partial charge on any atom is 0.335 e. The Hall–Kier alpha value is -2.55. The van der Waals surface area contributed by atoms with Gasteiger partial charge in [0.1, 0.15) is 5.58 Å². The molecular formula is C16H12O3. The number of carbonyl (C=O) groups is 1. The first-order valence-corrected chi connectivity index (χ1v) is 5.97. The molecule has 1 heterocycles. The summed E-state index contributed by atoms with van der Waals surface area (Å²) in [5.41, 5.74) is 4.11. The molecule has 0 radical (unpaired) electrons. The predicted molar refractivity (Wildman–Crippen MR) is 73.3 cm³/mol. The van der Waals surface area contributed by atoms with Gasteiger partial charge in [0.2, 0.25) is 0 Å². The molecule has 2 aromatic carbocycles. The second-order valence-corrected chi connectivity index (χ2v) is 4.51. The molecule has 0 unspecified atom stereocenters. The first kappa shape index (κ1) is 11.5. The highest BCUT2D eigenvalue weighted by atomic mass is 16.4. The van der Waals surface area contributed by atoms with Crippen LogP contribution in [0.5, 0.6) is 0 Å². The summed E-state index contributed by atoms with van der Waals surface area (Å²) >= 11 is 0. The Morgan fingerprint density at radius 3 is 2.74 bits per heavy atom. The fourth-order valence-corrected chi connectivity index (χ4v) is 2.20. The lowest BCUT2D eigenvalue weighted by atomic mass is 9.97. The average molecular weight is 252 g/mol. The number of carboxylic acid groups (broad SMARTS) is 1. The standard InChI is InChI=1S/C16H12O3/c1-10-2-3-13(16(17)18)9-14(10)11-4-5-15-12(8-11)6-7-19-15/h2-9H,1H3,(H,17,18). The smallest absolute Gasteiger partial charge is 0.335 e. The normalized spacial score (nSPS) is 10.8. The number of carboxylic acids is 1. The Kier molecular flexibility index (Phi) is 2.60. The van der Waals surface area contributed by atoms with Crippen molar-refractivity contribution in [2.75, 3.05) is 0 Å². The number of hydrogen-bond donors (Lipinski definition) is 1. The summed E-state index contributed by atoms with van der Waals surface area (Å²) in [5.74, 6) is -0.911. The third kappa shape index (κ3) is 1.99. The Bertz CT molecular complexity index is 769. The van der Waals surface area contributed by atoms with Gasteiger partial charge in [0.05, 0.1) is 11.8 Å². The van der Waals surface area contributed by atoms with Crippen molar-refractivity contribution in [3.05, 3.63) is 59.9 Å². The molecule has 19 heavy (non-hydrogen) atoms. The zero-order chi connectivity index (χ0) is 13.4. The second kappa shape index (κ2) is 4.28. The fourth-order valence-electron chi connectivity index (χ4n) is 2.20. The van der Waals surface area contributed by atoms with E-state index in [1.807, 2.05) is 37.3 Å². The van der Waals surface area contributed by atoms with Crippen molar-refractivity contribution in [2.45, 2.75) is 6.92 Å². The number of furan rings is 1. The first-order valence-electron chi connectivity index (χ1n) is 5.97. The summed E-state index contributed by atoms with van der Waals surface area (Å²) in [5, 5.41) is 10.1. The summed E-state index contributed by atoms with van der Waals surface area (Å²) in [7, 11) is 0. The number of fused-ring (bicyclic) bond motifs is 1. The molecule has 3 rings (SSSR count). The highest BCUT2D eigenvalue weighted by molar-refractivity contribution is 5.91. The molecule has 0 spiro atoms. The van der Waals surface area contributed by atoms with E-state index in [1.165, 1.54) is 0 Å². The summed E-state index contributed by atoms with van der Waals surface area (Å²) in [6, 6.07) is 12.9. The third-order valence-electron chi connectivity index (χ3n) is 3.25. The minimum Gasteiger partial charge on any atom is -0.478 e. The van der Waals surface area contributed by atoms with E-state index in [9.17, 15) is 4.79 Å². The number of hydrogen-bond acceptors (Lipinski definition) is 2. The van der Waals surface area contributed by atoms with Gasteiger partial charge in [0.25, 0.3) is 0 Å². The van der Waals surface area contributed by atoms with Crippen LogP contribution < -0.4 is 0 Å². The molecule has 0 fully saturated rings. The van der Waals surface area contributed by atoms with Gasteiger partial charge in [-0.1, -0.05) is 12.1 Å². The third-order valence-corrected chi connectivity index (χ3v) is 3.25. The van der Waals surface area contributed by atoms with Crippen LogP contribution in [0.25, 0.3) is 22.1 Å². The molecule has 0 aliphatic heterocycles. The summed E-state index contributed by atoms with van der Waals surface area (Å²) in [6.45, 7) is 1.97. The summed E-state index contributed by atoms with van der Waals surface area (Å²) in [6.07, 6.45) is 1.65. The van der Waals surface area contributed by atoms with Gasteiger partial charge in [-0.2, -0.15) is 0 Å². The molecule has 0 bridgehead atoms. The molecule has 0 saturated carbocycles. The molecule has 0 atom stereocenters. The van der Waals surface area contributed by atoms with Gasteiger partial charge in [-0.15, -0.1) is 0 Å². The molecule has 0 aliphatic carbocycles. The minimum atomic E-state index is -0.911. The topological polar surface area (TPSA) is 50.4 Å². The average Bonchev–Trinajstić information content (AvgIpc) is 2.86. The van der Waals surface area contributed by atoms with Crippen LogP contribution in [0, 0.1) is 6.92 Å². The van der Waals surface area contributed by atoms with Crippen LogP contribution in [0.15, 0.2) is 53.1 Å². The molecule has 0 amide bonds. The van der Waals surface area contributed by atoms with Crippen LogP contribution in [0.3, 0.4) is 0 Å². The number of aromatic carboxylic acids is 1. The van der Waals surface area contributed by atoms with Crippen LogP contribution >= 0.6 is 0 Å². The monoisotopic (exact) mass is 252 g/mol. The lowest BCUT2D eigenvalue weighted by molar-refractivity contribution is 0.0697. The van der Waals surface area contributed by atoms with Gasteiger partial charge in [0, 0.05) is 5.39 Å².